The van der Waals surface area contributed by atoms with E-state index in [9.17, 15) is 9.18 Å². The van der Waals surface area contributed by atoms with Crippen LogP contribution in [-0.4, -0.2) is 16.5 Å². The molecule has 22 heavy (non-hydrogen) atoms. The Bertz CT molecular complexity index is 808. The zero-order chi connectivity index (χ0) is 15.5. The van der Waals surface area contributed by atoms with Gasteiger partial charge in [-0.1, -0.05) is 30.3 Å². The molecule has 0 atom stereocenters. The van der Waals surface area contributed by atoms with E-state index in [0.29, 0.717) is 11.5 Å². The Kier molecular flexibility index (Phi) is 4.29. The van der Waals surface area contributed by atoms with Crippen LogP contribution < -0.4 is 0 Å². The second-order valence-electron chi connectivity index (χ2n) is 5.21. The zero-order valence-electron chi connectivity index (χ0n) is 12.2. The van der Waals surface area contributed by atoms with Crippen LogP contribution in [0.25, 0.3) is 10.9 Å². The number of Topliss-reactive ketones (excluding diaryl/α,β-unsaturated/α-hetero) is 1. The van der Waals surface area contributed by atoms with Crippen LogP contribution in [0.3, 0.4) is 0 Å². The fourth-order valence-corrected chi connectivity index (χ4v) is 3.41. The highest BCUT2D eigenvalue weighted by molar-refractivity contribution is 7.99. The van der Waals surface area contributed by atoms with Gasteiger partial charge in [0.25, 0.3) is 0 Å². The number of carbonyl (C=O) groups excluding carboxylic acids is 1. The SMILES string of the molecule is Cc1[nH]c2ccccc2c1C(=O)CSCc1ccc(F)cc1. The number of nitrogens with one attached hydrogen (secondary N) is 1. The molecule has 2 nitrogen and oxygen atoms in total. The van der Waals surface area contributed by atoms with Crippen molar-refractivity contribution in [2.75, 3.05) is 5.75 Å². The molecule has 0 aliphatic rings. The van der Waals surface area contributed by atoms with Crippen LogP contribution in [0.2, 0.25) is 0 Å². The number of H-pyrrole nitrogens is 1. The summed E-state index contributed by atoms with van der Waals surface area (Å²) in [7, 11) is 0. The molecule has 0 fully saturated rings. The first kappa shape index (κ1) is 14.9. The van der Waals surface area contributed by atoms with Gasteiger partial charge in [0, 0.05) is 27.9 Å². The van der Waals surface area contributed by atoms with Gasteiger partial charge < -0.3 is 4.98 Å². The molecule has 0 saturated heterocycles. The lowest BCUT2D eigenvalue weighted by Gasteiger charge is -2.03. The third-order valence-corrected chi connectivity index (χ3v) is 4.59. The van der Waals surface area contributed by atoms with Crippen LogP contribution in [0.4, 0.5) is 4.39 Å². The van der Waals surface area contributed by atoms with Gasteiger partial charge in [0.2, 0.25) is 0 Å². The number of aromatic nitrogens is 1. The van der Waals surface area contributed by atoms with Crippen molar-refractivity contribution in [3.8, 4) is 0 Å². The number of carbonyl (C=O) groups is 1. The molecule has 1 heterocycles. The first-order valence-corrected chi connectivity index (χ1v) is 8.23. The Morgan fingerprint density at radius 2 is 1.86 bits per heavy atom. The number of halogens is 1. The molecule has 0 saturated carbocycles. The Morgan fingerprint density at radius 3 is 2.64 bits per heavy atom. The van der Waals surface area contributed by atoms with Gasteiger partial charge in [-0.25, -0.2) is 4.39 Å². The molecule has 0 unspecified atom stereocenters. The van der Waals surface area contributed by atoms with Crippen molar-refractivity contribution in [3.63, 3.8) is 0 Å². The fourth-order valence-electron chi connectivity index (χ4n) is 2.55. The first-order chi connectivity index (χ1) is 10.6. The van der Waals surface area contributed by atoms with Gasteiger partial charge >= 0.3 is 0 Å². The predicted molar refractivity (Wildman–Crippen MR) is 89.9 cm³/mol. The van der Waals surface area contributed by atoms with Crippen LogP contribution in [0.5, 0.6) is 0 Å². The average Bonchev–Trinajstić information content (AvgIpc) is 2.85. The number of hydrogen-bond donors (Lipinski definition) is 1. The number of hydrogen-bond acceptors (Lipinski definition) is 2. The molecule has 0 radical (unpaired) electrons. The van der Waals surface area contributed by atoms with E-state index in [1.54, 1.807) is 23.9 Å². The topological polar surface area (TPSA) is 32.9 Å². The minimum absolute atomic E-state index is 0.127. The molecule has 2 aromatic carbocycles. The van der Waals surface area contributed by atoms with E-state index in [0.717, 1.165) is 27.7 Å². The number of para-hydroxylation sites is 1. The van der Waals surface area contributed by atoms with E-state index in [2.05, 4.69) is 4.98 Å². The van der Waals surface area contributed by atoms with Crippen LogP contribution in [0.1, 0.15) is 21.6 Å². The van der Waals surface area contributed by atoms with Crippen molar-refractivity contribution >= 4 is 28.4 Å². The minimum Gasteiger partial charge on any atom is -0.358 e. The smallest absolute Gasteiger partial charge is 0.175 e. The summed E-state index contributed by atoms with van der Waals surface area (Å²) in [4.78, 5) is 15.7. The van der Waals surface area contributed by atoms with Crippen molar-refractivity contribution in [3.05, 3.63) is 71.2 Å². The first-order valence-electron chi connectivity index (χ1n) is 7.08. The Balaban J connectivity index is 1.68. The molecular weight excluding hydrogens is 297 g/mol. The van der Waals surface area contributed by atoms with Gasteiger partial charge in [-0.2, -0.15) is 0 Å². The maximum Gasteiger partial charge on any atom is 0.175 e. The average molecular weight is 313 g/mol. The van der Waals surface area contributed by atoms with Gasteiger partial charge in [-0.3, -0.25) is 4.79 Å². The van der Waals surface area contributed by atoms with Crippen molar-refractivity contribution in [1.82, 2.24) is 4.98 Å². The lowest BCUT2D eigenvalue weighted by atomic mass is 10.1. The third-order valence-electron chi connectivity index (χ3n) is 3.59. The number of aromatic amines is 1. The van der Waals surface area contributed by atoms with E-state index < -0.39 is 0 Å². The van der Waals surface area contributed by atoms with Crippen molar-refractivity contribution in [1.29, 1.82) is 0 Å². The van der Waals surface area contributed by atoms with Gasteiger partial charge in [0.15, 0.2) is 5.78 Å². The highest BCUT2D eigenvalue weighted by Gasteiger charge is 2.15. The predicted octanol–water partition coefficient (Wildman–Crippen LogP) is 4.73. The maximum atomic E-state index is 12.9. The summed E-state index contributed by atoms with van der Waals surface area (Å²) in [6.45, 7) is 1.93. The van der Waals surface area contributed by atoms with Crippen LogP contribution in [0.15, 0.2) is 48.5 Å². The summed E-state index contributed by atoms with van der Waals surface area (Å²) < 4.78 is 12.9. The summed E-state index contributed by atoms with van der Waals surface area (Å²) in [6, 6.07) is 14.2. The molecular formula is C18H16FNOS. The molecule has 4 heteroatoms. The normalized spacial score (nSPS) is 11.0. The molecule has 0 spiro atoms. The molecule has 0 aliphatic carbocycles. The van der Waals surface area contributed by atoms with Crippen molar-refractivity contribution in [2.45, 2.75) is 12.7 Å². The van der Waals surface area contributed by atoms with E-state index in [4.69, 9.17) is 0 Å². The monoisotopic (exact) mass is 313 g/mol. The maximum absolute atomic E-state index is 12.9. The lowest BCUT2D eigenvalue weighted by molar-refractivity contribution is 0.102. The number of benzene rings is 2. The Hall–Kier alpha value is -2.07. The zero-order valence-corrected chi connectivity index (χ0v) is 13.0. The van der Waals surface area contributed by atoms with Gasteiger partial charge in [0.05, 0.1) is 5.75 Å². The highest BCUT2D eigenvalue weighted by atomic mass is 32.2. The van der Waals surface area contributed by atoms with Crippen LogP contribution in [0, 0.1) is 12.7 Å². The fraction of sp³-hybridized carbons (Fsp3) is 0.167. The second-order valence-corrected chi connectivity index (χ2v) is 6.20. The molecule has 3 rings (SSSR count). The summed E-state index contributed by atoms with van der Waals surface area (Å²) >= 11 is 1.55. The third kappa shape index (κ3) is 3.07. The van der Waals surface area contributed by atoms with Crippen LogP contribution in [-0.2, 0) is 5.75 Å². The summed E-state index contributed by atoms with van der Waals surface area (Å²) in [5.41, 5.74) is 3.71. The molecule has 1 N–H and O–H groups in total. The van der Waals surface area contributed by atoms with Gasteiger partial charge in [-0.15, -0.1) is 11.8 Å². The Labute approximate surface area is 132 Å². The number of thioether (sulfide) groups is 1. The standard InChI is InChI=1S/C18H16FNOS/c1-12-18(15-4-2-3-5-16(15)20-12)17(21)11-22-10-13-6-8-14(19)9-7-13/h2-9,20H,10-11H2,1H3. The summed E-state index contributed by atoms with van der Waals surface area (Å²) in [5.74, 6) is 1.01. The molecule has 1 aromatic heterocycles. The number of ketones is 1. The summed E-state index contributed by atoms with van der Waals surface area (Å²) in [5, 5.41) is 0.979. The Morgan fingerprint density at radius 1 is 1.14 bits per heavy atom. The van der Waals surface area contributed by atoms with E-state index in [-0.39, 0.29) is 11.6 Å². The van der Waals surface area contributed by atoms with E-state index in [1.807, 2.05) is 31.2 Å². The van der Waals surface area contributed by atoms with Gasteiger partial charge in [0.1, 0.15) is 5.82 Å². The summed E-state index contributed by atoms with van der Waals surface area (Å²) in [6.07, 6.45) is 0. The quantitative estimate of drug-likeness (QED) is 0.691. The largest absolute Gasteiger partial charge is 0.358 e. The molecule has 3 aromatic rings. The number of rotatable bonds is 5. The van der Waals surface area contributed by atoms with Crippen molar-refractivity contribution in [2.24, 2.45) is 0 Å². The number of fused-ring (bicyclic) bond motifs is 1. The molecule has 0 amide bonds. The van der Waals surface area contributed by atoms with E-state index in [1.165, 1.54) is 12.1 Å². The molecule has 0 bridgehead atoms. The molecule has 112 valence electrons. The lowest BCUT2D eigenvalue weighted by Crippen LogP contribution is -2.04. The van der Waals surface area contributed by atoms with E-state index >= 15 is 0 Å². The highest BCUT2D eigenvalue weighted by Crippen LogP contribution is 2.24. The second kappa shape index (κ2) is 6.36. The van der Waals surface area contributed by atoms with Crippen molar-refractivity contribution < 1.29 is 9.18 Å². The van der Waals surface area contributed by atoms with Crippen LogP contribution >= 0.6 is 11.8 Å². The number of aryl methyl sites for hydroxylation is 1. The molecule has 0 aliphatic heterocycles. The van der Waals surface area contributed by atoms with Gasteiger partial charge in [-0.05, 0) is 30.7 Å². The minimum atomic E-state index is -0.237.